The van der Waals surface area contributed by atoms with E-state index < -0.39 is 0 Å². The second-order valence-electron chi connectivity index (χ2n) is 5.26. The Balaban J connectivity index is 2.22. The van der Waals surface area contributed by atoms with E-state index in [0.29, 0.717) is 6.04 Å². The van der Waals surface area contributed by atoms with Crippen molar-refractivity contribution in [1.82, 2.24) is 5.32 Å². The number of ether oxygens (including phenoxy) is 1. The first kappa shape index (κ1) is 16.1. The van der Waals surface area contributed by atoms with Crippen molar-refractivity contribution in [2.75, 3.05) is 6.54 Å². The lowest BCUT2D eigenvalue weighted by molar-refractivity contribution is 0.477. The molecule has 0 saturated carbocycles. The van der Waals surface area contributed by atoms with E-state index >= 15 is 0 Å². The third-order valence-corrected chi connectivity index (χ3v) is 4.42. The predicted molar refractivity (Wildman–Crippen MR) is 92.2 cm³/mol. The maximum Gasteiger partial charge on any atom is 0.130 e. The van der Waals surface area contributed by atoms with E-state index in [1.807, 2.05) is 24.3 Å². The van der Waals surface area contributed by atoms with Gasteiger partial charge in [0.05, 0.1) is 0 Å². The number of nitrogens with one attached hydrogen (secondary N) is 1. The van der Waals surface area contributed by atoms with Crippen molar-refractivity contribution < 1.29 is 4.74 Å². The van der Waals surface area contributed by atoms with Crippen molar-refractivity contribution in [3.05, 3.63) is 57.6 Å². The summed E-state index contributed by atoms with van der Waals surface area (Å²) in [6.45, 7) is 9.41. The molecule has 0 radical (unpaired) electrons. The van der Waals surface area contributed by atoms with Crippen LogP contribution in [-0.4, -0.2) is 6.54 Å². The van der Waals surface area contributed by atoms with E-state index in [9.17, 15) is 0 Å². The maximum atomic E-state index is 6.02. The van der Waals surface area contributed by atoms with Gasteiger partial charge in [-0.15, -0.1) is 0 Å². The van der Waals surface area contributed by atoms with Gasteiger partial charge in [0.25, 0.3) is 0 Å². The van der Waals surface area contributed by atoms with Crippen LogP contribution in [0.15, 0.2) is 40.9 Å². The molecule has 0 amide bonds. The molecule has 0 aliphatic heterocycles. The molecule has 21 heavy (non-hydrogen) atoms. The fourth-order valence-corrected chi connectivity index (χ4v) is 3.00. The summed E-state index contributed by atoms with van der Waals surface area (Å²) in [6, 6.07) is 12.6. The first-order chi connectivity index (χ1) is 10.0. The Morgan fingerprint density at radius 3 is 2.62 bits per heavy atom. The Morgan fingerprint density at radius 2 is 1.95 bits per heavy atom. The summed E-state index contributed by atoms with van der Waals surface area (Å²) in [6.07, 6.45) is 0. The number of hydrogen-bond donors (Lipinski definition) is 1. The molecule has 0 heterocycles. The van der Waals surface area contributed by atoms with Gasteiger partial charge in [-0.05, 0) is 62.2 Å². The zero-order valence-electron chi connectivity index (χ0n) is 13.0. The molecule has 1 atom stereocenters. The average molecular weight is 348 g/mol. The van der Waals surface area contributed by atoms with Crippen molar-refractivity contribution in [2.45, 2.75) is 33.7 Å². The highest BCUT2D eigenvalue weighted by Crippen LogP contribution is 2.32. The summed E-state index contributed by atoms with van der Waals surface area (Å²) >= 11 is 3.64. The van der Waals surface area contributed by atoms with Crippen LogP contribution in [0.1, 0.15) is 36.6 Å². The SMILES string of the molecule is CCNC(C)c1ccc(Oc2cccc(C)c2C)cc1Br. The fourth-order valence-electron chi connectivity index (χ4n) is 2.30. The predicted octanol–water partition coefficient (Wildman–Crippen LogP) is 5.53. The molecule has 0 spiro atoms. The first-order valence-corrected chi connectivity index (χ1v) is 8.09. The van der Waals surface area contributed by atoms with Gasteiger partial charge in [0.2, 0.25) is 0 Å². The van der Waals surface area contributed by atoms with Crippen LogP contribution >= 0.6 is 15.9 Å². The van der Waals surface area contributed by atoms with Crippen LogP contribution in [0.4, 0.5) is 0 Å². The van der Waals surface area contributed by atoms with Gasteiger partial charge in [-0.1, -0.05) is 41.1 Å². The second kappa shape index (κ2) is 7.10. The minimum Gasteiger partial charge on any atom is -0.457 e. The van der Waals surface area contributed by atoms with E-state index in [0.717, 1.165) is 22.5 Å². The fraction of sp³-hybridized carbons (Fsp3) is 0.333. The molecule has 1 N–H and O–H groups in total. The molecule has 2 rings (SSSR count). The Morgan fingerprint density at radius 1 is 1.19 bits per heavy atom. The van der Waals surface area contributed by atoms with Gasteiger partial charge >= 0.3 is 0 Å². The van der Waals surface area contributed by atoms with Crippen LogP contribution in [-0.2, 0) is 0 Å². The number of benzene rings is 2. The van der Waals surface area contributed by atoms with Crippen LogP contribution in [0.25, 0.3) is 0 Å². The van der Waals surface area contributed by atoms with Gasteiger partial charge in [-0.25, -0.2) is 0 Å². The molecule has 2 aromatic carbocycles. The molecular formula is C18H22BrNO. The molecular weight excluding hydrogens is 326 g/mol. The molecule has 112 valence electrons. The average Bonchev–Trinajstić information content (AvgIpc) is 2.44. The van der Waals surface area contributed by atoms with E-state index in [1.165, 1.54) is 16.7 Å². The van der Waals surface area contributed by atoms with Gasteiger partial charge in [-0.3, -0.25) is 0 Å². The Bertz CT molecular complexity index is 625. The number of aryl methyl sites for hydroxylation is 1. The zero-order valence-corrected chi connectivity index (χ0v) is 14.6. The summed E-state index contributed by atoms with van der Waals surface area (Å²) < 4.78 is 7.08. The van der Waals surface area contributed by atoms with E-state index in [2.05, 4.69) is 61.1 Å². The molecule has 1 unspecified atom stereocenters. The standard InChI is InChI=1S/C18H22BrNO/c1-5-20-14(4)16-10-9-15(11-17(16)19)21-18-8-6-7-12(2)13(18)3/h6-11,14,20H,5H2,1-4H3. The van der Waals surface area contributed by atoms with Gasteiger partial charge in [0.15, 0.2) is 0 Å². The normalized spacial score (nSPS) is 12.2. The highest BCUT2D eigenvalue weighted by atomic mass is 79.9. The third kappa shape index (κ3) is 3.86. The molecule has 3 heteroatoms. The van der Waals surface area contributed by atoms with Crippen LogP contribution in [0, 0.1) is 13.8 Å². The molecule has 0 aliphatic carbocycles. The van der Waals surface area contributed by atoms with Crippen molar-refractivity contribution in [1.29, 1.82) is 0 Å². The lowest BCUT2D eigenvalue weighted by Gasteiger charge is -2.16. The highest BCUT2D eigenvalue weighted by molar-refractivity contribution is 9.10. The van der Waals surface area contributed by atoms with Crippen molar-refractivity contribution >= 4 is 15.9 Å². The van der Waals surface area contributed by atoms with Crippen LogP contribution in [0.5, 0.6) is 11.5 Å². The lowest BCUT2D eigenvalue weighted by atomic mass is 10.1. The largest absolute Gasteiger partial charge is 0.457 e. The molecule has 2 aromatic rings. The Labute approximate surface area is 135 Å². The van der Waals surface area contributed by atoms with Crippen molar-refractivity contribution in [2.24, 2.45) is 0 Å². The van der Waals surface area contributed by atoms with Gasteiger partial charge in [0, 0.05) is 10.5 Å². The molecule has 0 aromatic heterocycles. The van der Waals surface area contributed by atoms with Gasteiger partial charge < -0.3 is 10.1 Å². The van der Waals surface area contributed by atoms with Gasteiger partial charge in [0.1, 0.15) is 11.5 Å². The van der Waals surface area contributed by atoms with Crippen molar-refractivity contribution in [3.8, 4) is 11.5 Å². The maximum absolute atomic E-state index is 6.02. The number of hydrogen-bond acceptors (Lipinski definition) is 2. The molecule has 2 nitrogen and oxygen atoms in total. The summed E-state index contributed by atoms with van der Waals surface area (Å²) in [7, 11) is 0. The monoisotopic (exact) mass is 347 g/mol. The van der Waals surface area contributed by atoms with Gasteiger partial charge in [-0.2, -0.15) is 0 Å². The number of rotatable bonds is 5. The molecule has 0 fully saturated rings. The first-order valence-electron chi connectivity index (χ1n) is 7.29. The number of halogens is 1. The van der Waals surface area contributed by atoms with Crippen LogP contribution in [0.2, 0.25) is 0 Å². The Kier molecular flexibility index (Phi) is 5.43. The minimum atomic E-state index is 0.319. The molecule has 0 saturated heterocycles. The van der Waals surface area contributed by atoms with E-state index in [1.54, 1.807) is 0 Å². The zero-order chi connectivity index (χ0) is 15.4. The highest BCUT2D eigenvalue weighted by Gasteiger charge is 2.10. The molecule has 0 bridgehead atoms. The summed E-state index contributed by atoms with van der Waals surface area (Å²) in [5, 5.41) is 3.42. The summed E-state index contributed by atoms with van der Waals surface area (Å²) in [5.41, 5.74) is 3.66. The topological polar surface area (TPSA) is 21.3 Å². The van der Waals surface area contributed by atoms with E-state index in [-0.39, 0.29) is 0 Å². The van der Waals surface area contributed by atoms with E-state index in [4.69, 9.17) is 4.74 Å². The summed E-state index contributed by atoms with van der Waals surface area (Å²) in [5.74, 6) is 1.76. The smallest absolute Gasteiger partial charge is 0.130 e. The summed E-state index contributed by atoms with van der Waals surface area (Å²) in [4.78, 5) is 0. The van der Waals surface area contributed by atoms with Crippen LogP contribution < -0.4 is 10.1 Å². The lowest BCUT2D eigenvalue weighted by Crippen LogP contribution is -2.17. The molecule has 0 aliphatic rings. The Hall–Kier alpha value is -1.32. The minimum absolute atomic E-state index is 0.319. The third-order valence-electron chi connectivity index (χ3n) is 3.73. The quantitative estimate of drug-likeness (QED) is 0.767. The second-order valence-corrected chi connectivity index (χ2v) is 6.12. The van der Waals surface area contributed by atoms with Crippen molar-refractivity contribution in [3.63, 3.8) is 0 Å². The van der Waals surface area contributed by atoms with Crippen LogP contribution in [0.3, 0.4) is 0 Å².